The molecule has 3 nitrogen and oxygen atoms in total. The minimum Gasteiger partial charge on any atom is -0.321 e. The van der Waals surface area contributed by atoms with Crippen molar-refractivity contribution >= 4 is 60.7 Å². The Bertz CT molecular complexity index is 803. The molecule has 0 aliphatic carbocycles. The third kappa shape index (κ3) is 2.70. The summed E-state index contributed by atoms with van der Waals surface area (Å²) in [5.41, 5.74) is 3.83. The Labute approximate surface area is 132 Å². The van der Waals surface area contributed by atoms with Crippen molar-refractivity contribution in [3.8, 4) is 0 Å². The number of anilines is 1. The number of thiazole rings is 1. The Kier molecular flexibility index (Phi) is 3.74. The molecule has 0 unspecified atom stereocenters. The molecular weight excluding hydrogens is 360 g/mol. The molecule has 0 aliphatic heterocycles. The van der Waals surface area contributed by atoms with Crippen LogP contribution in [0.4, 0.5) is 5.69 Å². The van der Waals surface area contributed by atoms with Crippen LogP contribution in [0.25, 0.3) is 10.2 Å². The van der Waals surface area contributed by atoms with Gasteiger partial charge in [0.1, 0.15) is 0 Å². The first-order valence-corrected chi connectivity index (χ1v) is 7.78. The number of halogens is 2. The van der Waals surface area contributed by atoms with E-state index < -0.39 is 0 Å². The fourth-order valence-corrected chi connectivity index (χ4v) is 3.22. The van der Waals surface area contributed by atoms with Gasteiger partial charge in [-0.15, -0.1) is 11.3 Å². The molecule has 1 amide bonds. The normalized spacial score (nSPS) is 10.7. The molecule has 0 aliphatic rings. The van der Waals surface area contributed by atoms with Crippen molar-refractivity contribution in [3.63, 3.8) is 0 Å². The fraction of sp³-hybridized carbons (Fsp3) is 0. The molecule has 3 rings (SSSR count). The van der Waals surface area contributed by atoms with Gasteiger partial charge in [-0.1, -0.05) is 27.5 Å². The van der Waals surface area contributed by atoms with Crippen LogP contribution in [0.5, 0.6) is 0 Å². The van der Waals surface area contributed by atoms with Crippen LogP contribution in [0.1, 0.15) is 10.4 Å². The van der Waals surface area contributed by atoms with Crippen LogP contribution in [-0.4, -0.2) is 10.9 Å². The Hall–Kier alpha value is -1.43. The molecule has 0 saturated heterocycles. The van der Waals surface area contributed by atoms with Gasteiger partial charge in [-0.25, -0.2) is 4.98 Å². The Morgan fingerprint density at radius 3 is 2.90 bits per heavy atom. The first kappa shape index (κ1) is 13.5. The third-order valence-electron chi connectivity index (χ3n) is 2.77. The van der Waals surface area contributed by atoms with Gasteiger partial charge in [0, 0.05) is 10.0 Å². The number of nitrogens with zero attached hydrogens (tertiary/aromatic N) is 1. The van der Waals surface area contributed by atoms with Gasteiger partial charge < -0.3 is 5.32 Å². The largest absolute Gasteiger partial charge is 0.321 e. The van der Waals surface area contributed by atoms with Gasteiger partial charge in [-0.05, 0) is 36.4 Å². The maximum atomic E-state index is 12.2. The number of fused-ring (bicyclic) bond motifs is 1. The number of aromatic nitrogens is 1. The number of hydrogen-bond donors (Lipinski definition) is 1. The Balaban J connectivity index is 1.88. The summed E-state index contributed by atoms with van der Waals surface area (Å²) < 4.78 is 1.85. The standard InChI is InChI=1S/C14H8BrClN2OS/c15-9-2-4-11(10(16)6-9)18-14(19)8-1-3-12-13(5-8)20-7-17-12/h1-7H,(H,18,19). The molecule has 100 valence electrons. The highest BCUT2D eigenvalue weighted by molar-refractivity contribution is 9.10. The molecule has 20 heavy (non-hydrogen) atoms. The predicted octanol–water partition coefficient (Wildman–Crippen LogP) is 4.96. The second kappa shape index (κ2) is 5.52. The quantitative estimate of drug-likeness (QED) is 0.695. The van der Waals surface area contributed by atoms with Gasteiger partial charge in [0.15, 0.2) is 0 Å². The lowest BCUT2D eigenvalue weighted by Crippen LogP contribution is -2.11. The molecule has 0 radical (unpaired) electrons. The first-order valence-electron chi connectivity index (χ1n) is 5.73. The van der Waals surface area contributed by atoms with E-state index in [1.165, 1.54) is 11.3 Å². The van der Waals surface area contributed by atoms with E-state index in [0.29, 0.717) is 16.3 Å². The summed E-state index contributed by atoms with van der Waals surface area (Å²) in [6, 6.07) is 10.7. The van der Waals surface area contributed by atoms with E-state index in [9.17, 15) is 4.79 Å². The summed E-state index contributed by atoms with van der Waals surface area (Å²) in [6.07, 6.45) is 0. The van der Waals surface area contributed by atoms with Gasteiger partial charge in [-0.2, -0.15) is 0 Å². The summed E-state index contributed by atoms with van der Waals surface area (Å²) in [6.45, 7) is 0. The van der Waals surface area contributed by atoms with Crippen LogP contribution in [0.15, 0.2) is 46.4 Å². The SMILES string of the molecule is O=C(Nc1ccc(Br)cc1Cl)c1ccc2ncsc2c1. The van der Waals surface area contributed by atoms with Crippen molar-refractivity contribution in [2.75, 3.05) is 5.32 Å². The molecule has 1 aromatic heterocycles. The lowest BCUT2D eigenvalue weighted by atomic mass is 10.2. The van der Waals surface area contributed by atoms with E-state index in [-0.39, 0.29) is 5.91 Å². The lowest BCUT2D eigenvalue weighted by Gasteiger charge is -2.07. The number of benzene rings is 2. The average Bonchev–Trinajstić information content (AvgIpc) is 2.89. The first-order chi connectivity index (χ1) is 9.63. The highest BCUT2D eigenvalue weighted by atomic mass is 79.9. The maximum Gasteiger partial charge on any atom is 0.255 e. The fourth-order valence-electron chi connectivity index (χ4n) is 1.78. The van der Waals surface area contributed by atoms with Crippen LogP contribution in [-0.2, 0) is 0 Å². The number of amides is 1. The second-order valence-corrected chi connectivity index (χ2v) is 6.32. The van der Waals surface area contributed by atoms with Crippen molar-refractivity contribution < 1.29 is 4.79 Å². The van der Waals surface area contributed by atoms with Crippen molar-refractivity contribution in [3.05, 3.63) is 57.0 Å². The van der Waals surface area contributed by atoms with Crippen molar-refractivity contribution in [1.29, 1.82) is 0 Å². The van der Waals surface area contributed by atoms with E-state index in [4.69, 9.17) is 11.6 Å². The maximum absolute atomic E-state index is 12.2. The molecule has 0 fully saturated rings. The van der Waals surface area contributed by atoms with Crippen molar-refractivity contribution in [1.82, 2.24) is 4.98 Å². The number of hydrogen-bond acceptors (Lipinski definition) is 3. The molecule has 0 bridgehead atoms. The molecular formula is C14H8BrClN2OS. The monoisotopic (exact) mass is 366 g/mol. The molecule has 2 aromatic carbocycles. The third-order valence-corrected chi connectivity index (χ3v) is 4.37. The number of nitrogens with one attached hydrogen (secondary N) is 1. The summed E-state index contributed by atoms with van der Waals surface area (Å²) >= 11 is 10.9. The highest BCUT2D eigenvalue weighted by Crippen LogP contribution is 2.26. The molecule has 3 aromatic rings. The van der Waals surface area contributed by atoms with Crippen LogP contribution >= 0.6 is 38.9 Å². The van der Waals surface area contributed by atoms with Crippen LogP contribution in [0.2, 0.25) is 5.02 Å². The van der Waals surface area contributed by atoms with Gasteiger partial charge in [-0.3, -0.25) is 4.79 Å². The second-order valence-electron chi connectivity index (χ2n) is 4.11. The van der Waals surface area contributed by atoms with Gasteiger partial charge in [0.05, 0.1) is 26.4 Å². The number of carbonyl (C=O) groups excluding carboxylic acids is 1. The van der Waals surface area contributed by atoms with Gasteiger partial charge in [0.2, 0.25) is 0 Å². The highest BCUT2D eigenvalue weighted by Gasteiger charge is 2.10. The minimum absolute atomic E-state index is 0.190. The predicted molar refractivity (Wildman–Crippen MR) is 86.7 cm³/mol. The smallest absolute Gasteiger partial charge is 0.255 e. The lowest BCUT2D eigenvalue weighted by molar-refractivity contribution is 0.102. The topological polar surface area (TPSA) is 42.0 Å². The van der Waals surface area contributed by atoms with Crippen molar-refractivity contribution in [2.24, 2.45) is 0 Å². The zero-order valence-corrected chi connectivity index (χ0v) is 13.2. The number of carbonyl (C=O) groups is 1. The summed E-state index contributed by atoms with van der Waals surface area (Å²) in [5, 5.41) is 3.30. The summed E-state index contributed by atoms with van der Waals surface area (Å²) in [7, 11) is 0. The molecule has 6 heteroatoms. The average molecular weight is 368 g/mol. The zero-order chi connectivity index (χ0) is 14.1. The molecule has 0 spiro atoms. The van der Waals surface area contributed by atoms with E-state index in [2.05, 4.69) is 26.2 Å². The van der Waals surface area contributed by atoms with E-state index in [1.807, 2.05) is 18.2 Å². The number of rotatable bonds is 2. The van der Waals surface area contributed by atoms with E-state index in [0.717, 1.165) is 14.7 Å². The van der Waals surface area contributed by atoms with Gasteiger partial charge in [0.25, 0.3) is 5.91 Å². The van der Waals surface area contributed by atoms with Crippen molar-refractivity contribution in [2.45, 2.75) is 0 Å². The molecule has 1 N–H and O–H groups in total. The zero-order valence-electron chi connectivity index (χ0n) is 10.1. The van der Waals surface area contributed by atoms with Crippen LogP contribution in [0.3, 0.4) is 0 Å². The van der Waals surface area contributed by atoms with Gasteiger partial charge >= 0.3 is 0 Å². The van der Waals surface area contributed by atoms with Crippen LogP contribution in [0, 0.1) is 0 Å². The summed E-state index contributed by atoms with van der Waals surface area (Å²) in [5.74, 6) is -0.190. The molecule has 1 heterocycles. The Morgan fingerprint density at radius 1 is 1.25 bits per heavy atom. The molecule has 0 saturated carbocycles. The molecule has 0 atom stereocenters. The summed E-state index contributed by atoms with van der Waals surface area (Å²) in [4.78, 5) is 16.4. The Morgan fingerprint density at radius 2 is 2.10 bits per heavy atom. The van der Waals surface area contributed by atoms with E-state index in [1.54, 1.807) is 23.7 Å². The van der Waals surface area contributed by atoms with Crippen LogP contribution < -0.4 is 5.32 Å². The van der Waals surface area contributed by atoms with E-state index >= 15 is 0 Å². The minimum atomic E-state index is -0.190.